The van der Waals surface area contributed by atoms with Crippen LogP contribution < -0.4 is 10.5 Å². The smallest absolute Gasteiger partial charge is 0.173 e. The summed E-state index contributed by atoms with van der Waals surface area (Å²) < 4.78 is 32.6. The third-order valence-corrected chi connectivity index (χ3v) is 3.43. The second-order valence-corrected chi connectivity index (χ2v) is 5.19. The number of ether oxygens (including phenoxy) is 1. The Bertz CT molecular complexity index is 726. The number of nitrogens with zero attached hydrogens (tertiary/aromatic N) is 1. The number of halogens is 4. The molecule has 0 saturated carbocycles. The van der Waals surface area contributed by atoms with E-state index < -0.39 is 11.6 Å². The molecule has 0 aliphatic heterocycles. The van der Waals surface area contributed by atoms with Crippen LogP contribution >= 0.6 is 27.5 Å². The average molecular weight is 378 g/mol. The van der Waals surface area contributed by atoms with Crippen LogP contribution in [-0.4, -0.2) is 11.0 Å². The normalized spacial score (nSPS) is 11.5. The minimum Gasteiger partial charge on any atom is -0.455 e. The Kier molecular flexibility index (Phi) is 4.64. The molecule has 0 aliphatic rings. The summed E-state index contributed by atoms with van der Waals surface area (Å²) in [5.74, 6) is -1.41. The molecule has 0 spiro atoms. The number of hydrogen-bond donors (Lipinski definition) is 2. The van der Waals surface area contributed by atoms with Crippen molar-refractivity contribution in [1.82, 2.24) is 0 Å². The van der Waals surface area contributed by atoms with Gasteiger partial charge in [0, 0.05) is 6.07 Å². The van der Waals surface area contributed by atoms with Crippen LogP contribution in [0.2, 0.25) is 5.02 Å². The van der Waals surface area contributed by atoms with E-state index in [4.69, 9.17) is 27.3 Å². The summed E-state index contributed by atoms with van der Waals surface area (Å²) in [4.78, 5) is 0. The molecule has 8 heteroatoms. The molecule has 2 rings (SSSR count). The molecule has 0 unspecified atom stereocenters. The number of oxime groups is 1. The molecule has 0 atom stereocenters. The summed E-state index contributed by atoms with van der Waals surface area (Å²) in [6, 6.07) is 5.82. The molecule has 0 heterocycles. The maximum absolute atomic E-state index is 13.5. The zero-order valence-electron chi connectivity index (χ0n) is 10.3. The molecule has 0 bridgehead atoms. The van der Waals surface area contributed by atoms with Gasteiger partial charge in [0.15, 0.2) is 5.84 Å². The van der Waals surface area contributed by atoms with E-state index in [1.807, 2.05) is 0 Å². The van der Waals surface area contributed by atoms with Gasteiger partial charge in [0.05, 0.1) is 15.1 Å². The SMILES string of the molecule is N/C(=N/O)c1cc(F)ccc1Oc1cc(F)c(Cl)cc1Br. The van der Waals surface area contributed by atoms with E-state index in [0.717, 1.165) is 18.2 Å². The van der Waals surface area contributed by atoms with Crippen LogP contribution in [0.5, 0.6) is 11.5 Å². The number of amidine groups is 1. The molecule has 21 heavy (non-hydrogen) atoms. The minimum absolute atomic E-state index is 0.0276. The Hall–Kier alpha value is -1.86. The van der Waals surface area contributed by atoms with Crippen LogP contribution in [0.4, 0.5) is 8.78 Å². The quantitative estimate of drug-likeness (QED) is 0.276. The topological polar surface area (TPSA) is 67.8 Å². The zero-order valence-corrected chi connectivity index (χ0v) is 12.6. The lowest BCUT2D eigenvalue weighted by Gasteiger charge is -2.12. The number of nitrogens with two attached hydrogens (primary N) is 1. The van der Waals surface area contributed by atoms with Crippen molar-refractivity contribution in [2.45, 2.75) is 0 Å². The van der Waals surface area contributed by atoms with Gasteiger partial charge in [-0.15, -0.1) is 0 Å². The van der Waals surface area contributed by atoms with Crippen molar-refractivity contribution < 1.29 is 18.7 Å². The molecular weight excluding hydrogens is 370 g/mol. The predicted octanol–water partition coefficient (Wildman–Crippen LogP) is 4.27. The molecule has 0 radical (unpaired) electrons. The van der Waals surface area contributed by atoms with Crippen molar-refractivity contribution in [1.29, 1.82) is 0 Å². The molecule has 110 valence electrons. The van der Waals surface area contributed by atoms with Crippen LogP contribution in [0.25, 0.3) is 0 Å². The summed E-state index contributed by atoms with van der Waals surface area (Å²) in [7, 11) is 0. The van der Waals surface area contributed by atoms with E-state index >= 15 is 0 Å². The van der Waals surface area contributed by atoms with Gasteiger partial charge in [0.25, 0.3) is 0 Å². The second kappa shape index (κ2) is 6.28. The molecule has 4 nitrogen and oxygen atoms in total. The average Bonchev–Trinajstić information content (AvgIpc) is 2.45. The Labute approximate surface area is 131 Å². The molecular formula is C13H8BrClF2N2O2. The summed E-state index contributed by atoms with van der Waals surface area (Å²) in [6.45, 7) is 0. The second-order valence-electron chi connectivity index (χ2n) is 3.92. The lowest BCUT2D eigenvalue weighted by molar-refractivity contribution is 0.318. The lowest BCUT2D eigenvalue weighted by atomic mass is 10.2. The molecule has 3 N–H and O–H groups in total. The molecule has 0 aliphatic carbocycles. The fourth-order valence-electron chi connectivity index (χ4n) is 1.55. The largest absolute Gasteiger partial charge is 0.455 e. The summed E-state index contributed by atoms with van der Waals surface area (Å²) in [5.41, 5.74) is 5.48. The Morgan fingerprint density at radius 2 is 1.95 bits per heavy atom. The van der Waals surface area contributed by atoms with Crippen LogP contribution in [0, 0.1) is 11.6 Å². The van der Waals surface area contributed by atoms with E-state index in [-0.39, 0.29) is 27.9 Å². The highest BCUT2D eigenvalue weighted by molar-refractivity contribution is 9.10. The maximum atomic E-state index is 13.5. The summed E-state index contributed by atoms with van der Waals surface area (Å²) in [6.07, 6.45) is 0. The molecule has 0 amide bonds. The van der Waals surface area contributed by atoms with Crippen molar-refractivity contribution in [3.63, 3.8) is 0 Å². The lowest BCUT2D eigenvalue weighted by Crippen LogP contribution is -2.14. The van der Waals surface area contributed by atoms with Gasteiger partial charge in [0.1, 0.15) is 23.1 Å². The molecule has 2 aromatic rings. The predicted molar refractivity (Wildman–Crippen MR) is 78.1 cm³/mol. The van der Waals surface area contributed by atoms with Gasteiger partial charge in [-0.2, -0.15) is 0 Å². The first kappa shape index (κ1) is 15.5. The van der Waals surface area contributed by atoms with E-state index in [9.17, 15) is 8.78 Å². The number of rotatable bonds is 3. The van der Waals surface area contributed by atoms with Crippen molar-refractivity contribution in [3.05, 3.63) is 57.0 Å². The van der Waals surface area contributed by atoms with Gasteiger partial charge < -0.3 is 15.7 Å². The van der Waals surface area contributed by atoms with Crippen molar-refractivity contribution in [3.8, 4) is 11.5 Å². The van der Waals surface area contributed by atoms with Gasteiger partial charge in [-0.3, -0.25) is 0 Å². The first-order valence-corrected chi connectivity index (χ1v) is 6.69. The van der Waals surface area contributed by atoms with Gasteiger partial charge in [0.2, 0.25) is 0 Å². The number of hydrogen-bond acceptors (Lipinski definition) is 3. The van der Waals surface area contributed by atoms with Crippen molar-refractivity contribution >= 4 is 33.4 Å². The first-order valence-electron chi connectivity index (χ1n) is 5.52. The third kappa shape index (κ3) is 3.43. The van der Waals surface area contributed by atoms with Crippen molar-refractivity contribution in [2.24, 2.45) is 10.9 Å². The van der Waals surface area contributed by atoms with E-state index in [1.54, 1.807) is 0 Å². The van der Waals surface area contributed by atoms with Crippen LogP contribution in [-0.2, 0) is 0 Å². The van der Waals surface area contributed by atoms with Gasteiger partial charge in [-0.1, -0.05) is 16.8 Å². The van der Waals surface area contributed by atoms with E-state index in [2.05, 4.69) is 21.1 Å². The summed E-state index contributed by atoms with van der Waals surface area (Å²) in [5, 5.41) is 11.4. The highest BCUT2D eigenvalue weighted by Crippen LogP contribution is 2.35. The van der Waals surface area contributed by atoms with Crippen molar-refractivity contribution in [2.75, 3.05) is 0 Å². The number of benzene rings is 2. The summed E-state index contributed by atoms with van der Waals surface area (Å²) >= 11 is 8.80. The standard InChI is InChI=1S/C13H8BrClF2N2O2/c14-8-4-9(15)10(17)5-12(8)21-11-2-1-6(16)3-7(11)13(18)19-20/h1-5,20H,(H2,18,19). The van der Waals surface area contributed by atoms with E-state index in [1.165, 1.54) is 12.1 Å². The molecule has 0 saturated heterocycles. The van der Waals surface area contributed by atoms with Crippen LogP contribution in [0.3, 0.4) is 0 Å². The van der Waals surface area contributed by atoms with Gasteiger partial charge >= 0.3 is 0 Å². The maximum Gasteiger partial charge on any atom is 0.173 e. The Balaban J connectivity index is 2.47. The van der Waals surface area contributed by atoms with E-state index in [0.29, 0.717) is 4.47 Å². The van der Waals surface area contributed by atoms with Gasteiger partial charge in [-0.25, -0.2) is 8.78 Å². The highest BCUT2D eigenvalue weighted by atomic mass is 79.9. The van der Waals surface area contributed by atoms with Crippen LogP contribution in [0.15, 0.2) is 40.0 Å². The molecule has 2 aromatic carbocycles. The minimum atomic E-state index is -0.678. The fraction of sp³-hybridized carbons (Fsp3) is 0. The highest BCUT2D eigenvalue weighted by Gasteiger charge is 2.14. The van der Waals surface area contributed by atoms with Gasteiger partial charge in [-0.05, 0) is 40.2 Å². The first-order chi connectivity index (χ1) is 9.92. The van der Waals surface area contributed by atoms with Crippen LogP contribution in [0.1, 0.15) is 5.56 Å². The third-order valence-electron chi connectivity index (χ3n) is 2.52. The zero-order chi connectivity index (χ0) is 15.6. The monoisotopic (exact) mass is 376 g/mol. The Morgan fingerprint density at radius 3 is 2.62 bits per heavy atom. The Morgan fingerprint density at radius 1 is 1.24 bits per heavy atom. The molecule has 0 fully saturated rings. The fourth-order valence-corrected chi connectivity index (χ4v) is 2.27. The molecule has 0 aromatic heterocycles.